The van der Waals surface area contributed by atoms with Crippen molar-refractivity contribution >= 4 is 5.90 Å². The van der Waals surface area contributed by atoms with Gasteiger partial charge in [0.1, 0.15) is 6.10 Å². The molecule has 0 N–H and O–H groups in total. The summed E-state index contributed by atoms with van der Waals surface area (Å²) in [7, 11) is 0. The van der Waals surface area contributed by atoms with Crippen LogP contribution in [0.1, 0.15) is 123 Å². The molecule has 1 unspecified atom stereocenters. The van der Waals surface area contributed by atoms with Gasteiger partial charge in [-0.2, -0.15) is 0 Å². The summed E-state index contributed by atoms with van der Waals surface area (Å²) in [4.78, 5) is 4.42. The predicted molar refractivity (Wildman–Crippen MR) is 107 cm³/mol. The van der Waals surface area contributed by atoms with Crippen molar-refractivity contribution in [2.75, 3.05) is 6.54 Å². The summed E-state index contributed by atoms with van der Waals surface area (Å²) in [5.74, 6) is 1.01. The lowest BCUT2D eigenvalue weighted by Crippen LogP contribution is -2.07. The number of unbranched alkanes of at least 4 members (excludes halogenated alkanes) is 15. The van der Waals surface area contributed by atoms with E-state index in [9.17, 15) is 0 Å². The third-order valence-electron chi connectivity index (χ3n) is 5.11. The van der Waals surface area contributed by atoms with Crippen LogP contribution in [0.15, 0.2) is 4.99 Å². The highest BCUT2D eigenvalue weighted by molar-refractivity contribution is 5.77. The molecule has 0 saturated carbocycles. The number of hydrogen-bond acceptors (Lipinski definition) is 2. The van der Waals surface area contributed by atoms with Gasteiger partial charge < -0.3 is 4.74 Å². The molecule has 0 aliphatic carbocycles. The van der Waals surface area contributed by atoms with Crippen LogP contribution in [0.2, 0.25) is 0 Å². The Morgan fingerprint density at radius 2 is 1.12 bits per heavy atom. The van der Waals surface area contributed by atoms with Gasteiger partial charge in [-0.3, -0.25) is 4.99 Å². The molecule has 2 heteroatoms. The van der Waals surface area contributed by atoms with Gasteiger partial charge in [-0.1, -0.05) is 103 Å². The third kappa shape index (κ3) is 12.8. The van der Waals surface area contributed by atoms with E-state index in [0.29, 0.717) is 6.10 Å². The minimum absolute atomic E-state index is 0.320. The zero-order chi connectivity index (χ0) is 17.3. The molecule has 0 radical (unpaired) electrons. The molecule has 1 atom stereocenters. The molecule has 0 aromatic heterocycles. The van der Waals surface area contributed by atoms with E-state index in [2.05, 4.69) is 18.8 Å². The van der Waals surface area contributed by atoms with Gasteiger partial charge in [0.2, 0.25) is 0 Å². The first kappa shape index (κ1) is 21.5. The number of hydrogen-bond donors (Lipinski definition) is 0. The second kappa shape index (κ2) is 16.0. The van der Waals surface area contributed by atoms with Crippen molar-refractivity contribution in [3.8, 4) is 0 Å². The largest absolute Gasteiger partial charge is 0.476 e. The van der Waals surface area contributed by atoms with E-state index < -0.39 is 0 Å². The average molecular weight is 338 g/mol. The van der Waals surface area contributed by atoms with E-state index in [0.717, 1.165) is 18.9 Å². The molecular weight excluding hydrogens is 294 g/mol. The van der Waals surface area contributed by atoms with Gasteiger partial charge >= 0.3 is 0 Å². The first-order valence-corrected chi connectivity index (χ1v) is 11.0. The van der Waals surface area contributed by atoms with Gasteiger partial charge in [-0.05, 0) is 13.3 Å². The van der Waals surface area contributed by atoms with Crippen molar-refractivity contribution in [1.82, 2.24) is 0 Å². The molecule has 0 bridgehead atoms. The van der Waals surface area contributed by atoms with E-state index >= 15 is 0 Å². The molecule has 0 aromatic rings. The maximum atomic E-state index is 5.64. The van der Waals surface area contributed by atoms with Crippen molar-refractivity contribution in [3.05, 3.63) is 0 Å². The molecule has 1 heterocycles. The van der Waals surface area contributed by atoms with Gasteiger partial charge in [0.15, 0.2) is 5.90 Å². The quantitative estimate of drug-likeness (QED) is 0.252. The fraction of sp³-hybridized carbons (Fsp3) is 0.955. The molecule has 2 nitrogen and oxygen atoms in total. The highest BCUT2D eigenvalue weighted by atomic mass is 16.5. The Labute approximate surface area is 151 Å². The summed E-state index contributed by atoms with van der Waals surface area (Å²) in [5, 5.41) is 0. The van der Waals surface area contributed by atoms with Crippen LogP contribution in [0.4, 0.5) is 0 Å². The second-order valence-electron chi connectivity index (χ2n) is 7.72. The van der Waals surface area contributed by atoms with Crippen LogP contribution in [0.25, 0.3) is 0 Å². The van der Waals surface area contributed by atoms with Crippen LogP contribution >= 0.6 is 0 Å². The van der Waals surface area contributed by atoms with Gasteiger partial charge in [0, 0.05) is 6.42 Å². The van der Waals surface area contributed by atoms with E-state index in [1.54, 1.807) is 0 Å². The van der Waals surface area contributed by atoms with Gasteiger partial charge in [-0.25, -0.2) is 0 Å². The van der Waals surface area contributed by atoms with Crippen LogP contribution in [0, 0.1) is 0 Å². The maximum Gasteiger partial charge on any atom is 0.183 e. The summed E-state index contributed by atoms with van der Waals surface area (Å²) < 4.78 is 5.64. The van der Waals surface area contributed by atoms with E-state index in [1.807, 2.05) is 0 Å². The van der Waals surface area contributed by atoms with Gasteiger partial charge in [-0.15, -0.1) is 0 Å². The lowest BCUT2D eigenvalue weighted by Gasteiger charge is -2.05. The van der Waals surface area contributed by atoms with Crippen LogP contribution in [-0.2, 0) is 4.74 Å². The fourth-order valence-electron chi connectivity index (χ4n) is 3.50. The Hall–Kier alpha value is -0.530. The minimum atomic E-state index is 0.320. The summed E-state index contributed by atoms with van der Waals surface area (Å²) in [5.41, 5.74) is 0. The van der Waals surface area contributed by atoms with Gasteiger partial charge in [0.25, 0.3) is 0 Å². The van der Waals surface area contributed by atoms with E-state index in [4.69, 9.17) is 4.74 Å². The number of nitrogens with zero attached hydrogens (tertiary/aromatic N) is 1. The highest BCUT2D eigenvalue weighted by Crippen LogP contribution is 2.15. The zero-order valence-electron chi connectivity index (χ0n) is 16.7. The fourth-order valence-corrected chi connectivity index (χ4v) is 3.50. The average Bonchev–Trinajstić information content (AvgIpc) is 3.00. The molecule has 142 valence electrons. The third-order valence-corrected chi connectivity index (χ3v) is 5.11. The Bertz CT molecular complexity index is 300. The molecule has 1 rings (SSSR count). The molecule has 1 aliphatic heterocycles. The van der Waals surface area contributed by atoms with Crippen LogP contribution in [0.3, 0.4) is 0 Å². The van der Waals surface area contributed by atoms with Crippen molar-refractivity contribution in [1.29, 1.82) is 0 Å². The standard InChI is InChI=1S/C22H43NO/c1-3-4-5-6-7-8-9-10-11-12-13-14-15-16-17-18-19-22-23-20-21(2)24-22/h21H,3-20H2,1-2H3. The number of ether oxygens (including phenoxy) is 1. The topological polar surface area (TPSA) is 21.6 Å². The second-order valence-corrected chi connectivity index (χ2v) is 7.72. The monoisotopic (exact) mass is 337 g/mol. The van der Waals surface area contributed by atoms with Crippen LogP contribution in [-0.4, -0.2) is 18.5 Å². The normalized spacial score (nSPS) is 17.1. The van der Waals surface area contributed by atoms with Crippen molar-refractivity contribution in [3.63, 3.8) is 0 Å². The first-order valence-electron chi connectivity index (χ1n) is 11.0. The Morgan fingerprint density at radius 3 is 1.50 bits per heavy atom. The van der Waals surface area contributed by atoms with E-state index in [1.165, 1.54) is 103 Å². The van der Waals surface area contributed by atoms with E-state index in [-0.39, 0.29) is 0 Å². The van der Waals surface area contributed by atoms with Gasteiger partial charge in [0.05, 0.1) is 6.54 Å². The minimum Gasteiger partial charge on any atom is -0.476 e. The molecular formula is C22H43NO. The smallest absolute Gasteiger partial charge is 0.183 e. The molecule has 0 amide bonds. The molecule has 1 aliphatic rings. The predicted octanol–water partition coefficient (Wildman–Crippen LogP) is 7.46. The molecule has 0 aromatic carbocycles. The highest BCUT2D eigenvalue weighted by Gasteiger charge is 2.13. The summed E-state index contributed by atoms with van der Waals surface area (Å²) in [6.45, 7) is 5.26. The van der Waals surface area contributed by atoms with Crippen molar-refractivity contribution in [2.24, 2.45) is 4.99 Å². The molecule has 0 spiro atoms. The molecule has 0 fully saturated rings. The number of rotatable bonds is 17. The zero-order valence-corrected chi connectivity index (χ0v) is 16.7. The lowest BCUT2D eigenvalue weighted by atomic mass is 10.0. The summed E-state index contributed by atoms with van der Waals surface area (Å²) in [6.07, 6.45) is 24.2. The Kier molecular flexibility index (Phi) is 14.3. The Morgan fingerprint density at radius 1 is 0.708 bits per heavy atom. The molecule has 0 saturated heterocycles. The molecule has 24 heavy (non-hydrogen) atoms. The van der Waals surface area contributed by atoms with Crippen molar-refractivity contribution in [2.45, 2.75) is 129 Å². The van der Waals surface area contributed by atoms with Crippen LogP contribution in [0.5, 0.6) is 0 Å². The maximum absolute atomic E-state index is 5.64. The van der Waals surface area contributed by atoms with Crippen LogP contribution < -0.4 is 0 Å². The summed E-state index contributed by atoms with van der Waals surface area (Å²) >= 11 is 0. The first-order chi connectivity index (χ1) is 11.8. The number of aliphatic imine (C=N–C) groups is 1. The summed E-state index contributed by atoms with van der Waals surface area (Å²) in [6, 6.07) is 0. The Balaban J connectivity index is 1.68. The SMILES string of the molecule is CCCCCCCCCCCCCCCCCCC1=NCC(C)O1. The van der Waals surface area contributed by atoms with Crippen molar-refractivity contribution < 1.29 is 4.74 Å². The lowest BCUT2D eigenvalue weighted by molar-refractivity contribution is 0.238.